The number of hydrogen-bond acceptors (Lipinski definition) is 3. The van der Waals surface area contributed by atoms with Crippen molar-refractivity contribution < 1.29 is 4.42 Å². The molecule has 0 unspecified atom stereocenters. The Hall–Kier alpha value is -1.64. The lowest BCUT2D eigenvalue weighted by molar-refractivity contribution is 0.572. The summed E-state index contributed by atoms with van der Waals surface area (Å²) in [6, 6.07) is 5.74. The van der Waals surface area contributed by atoms with Crippen molar-refractivity contribution in [3.8, 4) is 11.6 Å². The van der Waals surface area contributed by atoms with Gasteiger partial charge in [-0.2, -0.15) is 0 Å². The maximum absolute atomic E-state index is 5.10. The van der Waals surface area contributed by atoms with E-state index in [2.05, 4.69) is 9.97 Å². The van der Waals surface area contributed by atoms with E-state index in [1.165, 1.54) is 0 Å². The lowest BCUT2D eigenvalue weighted by Crippen LogP contribution is -1.85. The van der Waals surface area contributed by atoms with Crippen LogP contribution in [0, 0.1) is 6.92 Å². The topological polar surface area (TPSA) is 38.9 Å². The van der Waals surface area contributed by atoms with Gasteiger partial charge in [-0.05, 0) is 19.1 Å². The number of aromatic nitrogens is 2. The molecule has 0 radical (unpaired) electrons. The Kier molecular flexibility index (Phi) is 3.85. The van der Waals surface area contributed by atoms with Gasteiger partial charge in [0.25, 0.3) is 0 Å². The summed E-state index contributed by atoms with van der Waals surface area (Å²) in [5, 5.41) is 0. The Morgan fingerprint density at radius 1 is 1.21 bits per heavy atom. The Bertz CT molecular complexity index is 369. The molecule has 0 aliphatic heterocycles. The zero-order valence-corrected chi connectivity index (χ0v) is 8.69. The zero-order valence-electron chi connectivity index (χ0n) is 8.69. The van der Waals surface area contributed by atoms with Crippen molar-refractivity contribution in [3.63, 3.8) is 0 Å². The highest BCUT2D eigenvalue weighted by atomic mass is 16.3. The third-order valence-corrected chi connectivity index (χ3v) is 1.54. The van der Waals surface area contributed by atoms with Crippen LogP contribution in [0.3, 0.4) is 0 Å². The SMILES string of the molecule is CC.Cc1cccc(-c2ncco2)n1. The first-order valence-corrected chi connectivity index (χ1v) is 4.70. The third kappa shape index (κ3) is 2.42. The van der Waals surface area contributed by atoms with E-state index in [0.717, 1.165) is 11.4 Å². The first-order valence-electron chi connectivity index (χ1n) is 4.70. The fourth-order valence-electron chi connectivity index (χ4n) is 1.01. The highest BCUT2D eigenvalue weighted by Crippen LogP contribution is 2.13. The van der Waals surface area contributed by atoms with E-state index in [1.807, 2.05) is 39.0 Å². The third-order valence-electron chi connectivity index (χ3n) is 1.54. The molecular formula is C11H14N2O. The van der Waals surface area contributed by atoms with E-state index < -0.39 is 0 Å². The van der Waals surface area contributed by atoms with E-state index in [0.29, 0.717) is 5.89 Å². The molecule has 0 atom stereocenters. The summed E-state index contributed by atoms with van der Waals surface area (Å²) in [4.78, 5) is 8.26. The summed E-state index contributed by atoms with van der Waals surface area (Å²) in [5.74, 6) is 0.568. The second-order valence-electron chi connectivity index (χ2n) is 2.50. The summed E-state index contributed by atoms with van der Waals surface area (Å²) in [5.41, 5.74) is 1.74. The lowest BCUT2D eigenvalue weighted by atomic mass is 10.3. The monoisotopic (exact) mass is 190 g/mol. The molecular weight excluding hydrogens is 176 g/mol. The Morgan fingerprint density at radius 3 is 2.57 bits per heavy atom. The van der Waals surface area contributed by atoms with Gasteiger partial charge in [-0.3, -0.25) is 0 Å². The predicted molar refractivity (Wildman–Crippen MR) is 55.8 cm³/mol. The van der Waals surface area contributed by atoms with E-state index >= 15 is 0 Å². The van der Waals surface area contributed by atoms with Crippen molar-refractivity contribution in [1.82, 2.24) is 9.97 Å². The van der Waals surface area contributed by atoms with Crippen LogP contribution in [0.2, 0.25) is 0 Å². The maximum atomic E-state index is 5.10. The van der Waals surface area contributed by atoms with Crippen molar-refractivity contribution in [2.45, 2.75) is 20.8 Å². The van der Waals surface area contributed by atoms with Gasteiger partial charge in [0.1, 0.15) is 12.0 Å². The summed E-state index contributed by atoms with van der Waals surface area (Å²) in [6.45, 7) is 5.94. The summed E-state index contributed by atoms with van der Waals surface area (Å²) >= 11 is 0. The van der Waals surface area contributed by atoms with Crippen LogP contribution in [-0.2, 0) is 0 Å². The van der Waals surface area contributed by atoms with Crippen molar-refractivity contribution >= 4 is 0 Å². The summed E-state index contributed by atoms with van der Waals surface area (Å²) < 4.78 is 5.10. The predicted octanol–water partition coefficient (Wildman–Crippen LogP) is 3.07. The molecule has 0 bridgehead atoms. The van der Waals surface area contributed by atoms with E-state index in [4.69, 9.17) is 4.42 Å². The molecule has 2 rings (SSSR count). The first-order chi connectivity index (χ1) is 6.86. The molecule has 74 valence electrons. The van der Waals surface area contributed by atoms with E-state index in [-0.39, 0.29) is 0 Å². The van der Waals surface area contributed by atoms with Crippen molar-refractivity contribution in [2.24, 2.45) is 0 Å². The smallest absolute Gasteiger partial charge is 0.244 e. The Morgan fingerprint density at radius 2 is 2.00 bits per heavy atom. The van der Waals surface area contributed by atoms with Crippen molar-refractivity contribution in [3.05, 3.63) is 36.4 Å². The van der Waals surface area contributed by atoms with Gasteiger partial charge >= 0.3 is 0 Å². The molecule has 0 spiro atoms. The van der Waals surface area contributed by atoms with Gasteiger partial charge in [0.2, 0.25) is 5.89 Å². The molecule has 2 aromatic heterocycles. The minimum Gasteiger partial charge on any atom is -0.443 e. The molecule has 0 saturated carbocycles. The molecule has 0 aliphatic carbocycles. The van der Waals surface area contributed by atoms with Gasteiger partial charge < -0.3 is 4.42 Å². The number of rotatable bonds is 1. The molecule has 0 amide bonds. The highest BCUT2D eigenvalue weighted by molar-refractivity contribution is 5.46. The lowest BCUT2D eigenvalue weighted by Gasteiger charge is -1.94. The second kappa shape index (κ2) is 5.17. The van der Waals surface area contributed by atoms with Gasteiger partial charge in [0, 0.05) is 5.69 Å². The van der Waals surface area contributed by atoms with Gasteiger partial charge in [-0.25, -0.2) is 9.97 Å². The average Bonchev–Trinajstić information content (AvgIpc) is 2.74. The number of oxazole rings is 1. The number of hydrogen-bond donors (Lipinski definition) is 0. The maximum Gasteiger partial charge on any atom is 0.244 e. The molecule has 0 aliphatic rings. The molecule has 0 fully saturated rings. The standard InChI is InChI=1S/C9H8N2O.C2H6/c1-7-3-2-4-8(11-7)9-10-5-6-12-9;1-2/h2-6H,1H3;1-2H3. The molecule has 0 aromatic carbocycles. The van der Waals surface area contributed by atoms with Gasteiger partial charge in [0.05, 0.1) is 6.20 Å². The molecule has 3 nitrogen and oxygen atoms in total. The fourth-order valence-corrected chi connectivity index (χ4v) is 1.01. The molecule has 3 heteroatoms. The van der Waals surface area contributed by atoms with Crippen molar-refractivity contribution in [2.75, 3.05) is 0 Å². The van der Waals surface area contributed by atoms with Crippen LogP contribution >= 0.6 is 0 Å². The van der Waals surface area contributed by atoms with Gasteiger partial charge in [-0.1, -0.05) is 19.9 Å². The van der Waals surface area contributed by atoms with Crippen LogP contribution in [-0.4, -0.2) is 9.97 Å². The van der Waals surface area contributed by atoms with E-state index in [9.17, 15) is 0 Å². The summed E-state index contributed by atoms with van der Waals surface area (Å²) in [6.07, 6.45) is 3.15. The normalized spacial score (nSPS) is 9.07. The van der Waals surface area contributed by atoms with Crippen LogP contribution in [0.1, 0.15) is 19.5 Å². The molecule has 2 aromatic rings. The van der Waals surface area contributed by atoms with Crippen LogP contribution in [0.5, 0.6) is 0 Å². The minimum absolute atomic E-state index is 0.568. The number of pyridine rings is 1. The molecule has 0 saturated heterocycles. The fraction of sp³-hybridized carbons (Fsp3) is 0.273. The largest absolute Gasteiger partial charge is 0.443 e. The zero-order chi connectivity index (χ0) is 10.4. The van der Waals surface area contributed by atoms with Gasteiger partial charge in [0.15, 0.2) is 0 Å². The average molecular weight is 190 g/mol. The highest BCUT2D eigenvalue weighted by Gasteiger charge is 2.01. The second-order valence-corrected chi connectivity index (χ2v) is 2.50. The first kappa shape index (κ1) is 10.4. The number of nitrogens with zero attached hydrogens (tertiary/aromatic N) is 2. The molecule has 0 N–H and O–H groups in total. The molecule has 2 heterocycles. The van der Waals surface area contributed by atoms with Crippen molar-refractivity contribution in [1.29, 1.82) is 0 Å². The van der Waals surface area contributed by atoms with Gasteiger partial charge in [-0.15, -0.1) is 0 Å². The Balaban J connectivity index is 0.000000461. The van der Waals surface area contributed by atoms with Crippen LogP contribution in [0.4, 0.5) is 0 Å². The van der Waals surface area contributed by atoms with Crippen LogP contribution < -0.4 is 0 Å². The number of aryl methyl sites for hydroxylation is 1. The van der Waals surface area contributed by atoms with E-state index in [1.54, 1.807) is 12.5 Å². The summed E-state index contributed by atoms with van der Waals surface area (Å²) in [7, 11) is 0. The quantitative estimate of drug-likeness (QED) is 0.693. The minimum atomic E-state index is 0.568. The van der Waals surface area contributed by atoms with Crippen LogP contribution in [0.25, 0.3) is 11.6 Å². The Labute approximate surface area is 83.8 Å². The molecule has 14 heavy (non-hydrogen) atoms. The van der Waals surface area contributed by atoms with Crippen LogP contribution in [0.15, 0.2) is 35.1 Å².